The highest BCUT2D eigenvalue weighted by molar-refractivity contribution is 5.92. The van der Waals surface area contributed by atoms with Crippen LogP contribution >= 0.6 is 0 Å². The number of allylic oxidation sites excluding steroid dienone is 1. The van der Waals surface area contributed by atoms with Crippen molar-refractivity contribution < 1.29 is 48.2 Å². The molecule has 266 valence electrons. The molecule has 51 heavy (non-hydrogen) atoms. The van der Waals surface area contributed by atoms with Gasteiger partial charge in [-0.15, -0.1) is 0 Å². The molecule has 0 aliphatic carbocycles. The van der Waals surface area contributed by atoms with Crippen molar-refractivity contribution in [3.05, 3.63) is 108 Å². The minimum Gasteiger partial charge on any atom is -0.504 e. The van der Waals surface area contributed by atoms with Crippen LogP contribution in [0, 0.1) is 0 Å². The molecule has 0 radical (unpaired) electrons. The van der Waals surface area contributed by atoms with E-state index < -0.39 is 5.97 Å². The van der Waals surface area contributed by atoms with Crippen LogP contribution in [0.15, 0.2) is 91.0 Å². The van der Waals surface area contributed by atoms with Gasteiger partial charge in [0, 0.05) is 11.1 Å². The fourth-order valence-corrected chi connectivity index (χ4v) is 6.04. The number of fused-ring (bicyclic) bond motifs is 9. The summed E-state index contributed by atoms with van der Waals surface area (Å²) in [6.07, 6.45) is 0.709. The molecule has 0 amide bonds. The Morgan fingerprint density at radius 2 is 1.10 bits per heavy atom. The van der Waals surface area contributed by atoms with Crippen molar-refractivity contribution in [3.8, 4) is 34.5 Å². The van der Waals surface area contributed by atoms with E-state index in [1.165, 1.54) is 0 Å². The molecule has 0 saturated heterocycles. The molecule has 0 spiro atoms. The Labute approximate surface area is 296 Å². The predicted octanol–water partition coefficient (Wildman–Crippen LogP) is 7.18. The third-order valence-electron chi connectivity index (χ3n) is 8.43. The molecule has 1 aliphatic rings. The van der Waals surface area contributed by atoms with Gasteiger partial charge < -0.3 is 43.4 Å². The van der Waals surface area contributed by atoms with Gasteiger partial charge in [0.25, 0.3) is 0 Å². The third-order valence-corrected chi connectivity index (χ3v) is 8.43. The molecule has 2 N–H and O–H groups in total. The molecular formula is C41H42O10. The molecule has 1 heterocycles. The molecule has 1 aliphatic heterocycles. The van der Waals surface area contributed by atoms with Gasteiger partial charge in [-0.05, 0) is 71.6 Å². The summed E-state index contributed by atoms with van der Waals surface area (Å²) in [5.74, 6) is 1.09. The largest absolute Gasteiger partial charge is 0.504 e. The van der Waals surface area contributed by atoms with Crippen LogP contribution in [0.2, 0.25) is 0 Å². The first-order valence-electron chi connectivity index (χ1n) is 17.0. The second-order valence-electron chi connectivity index (χ2n) is 12.0. The van der Waals surface area contributed by atoms with E-state index in [4.69, 9.17) is 33.2 Å². The van der Waals surface area contributed by atoms with Gasteiger partial charge in [0.05, 0.1) is 38.6 Å². The highest BCUT2D eigenvalue weighted by Crippen LogP contribution is 2.41. The number of aromatic hydroxyl groups is 2. The van der Waals surface area contributed by atoms with Crippen LogP contribution in [0.1, 0.15) is 28.4 Å². The first-order valence-corrected chi connectivity index (χ1v) is 17.0. The molecule has 5 aromatic rings. The Balaban J connectivity index is 1.26. The van der Waals surface area contributed by atoms with E-state index in [9.17, 15) is 15.0 Å². The smallest absolute Gasteiger partial charge is 0.338 e. The minimum absolute atomic E-state index is 0.0314. The second-order valence-corrected chi connectivity index (χ2v) is 12.0. The lowest BCUT2D eigenvalue weighted by atomic mass is 9.92. The quantitative estimate of drug-likeness (QED) is 0.145. The maximum Gasteiger partial charge on any atom is 0.338 e. The molecular weight excluding hydrogens is 652 g/mol. The molecule has 0 aromatic heterocycles. The number of ether oxygens (including phenoxy) is 7. The summed E-state index contributed by atoms with van der Waals surface area (Å²) < 4.78 is 40.6. The van der Waals surface area contributed by atoms with Crippen molar-refractivity contribution in [2.45, 2.75) is 19.8 Å². The van der Waals surface area contributed by atoms with Crippen molar-refractivity contribution >= 4 is 27.5 Å². The number of hydrogen-bond donors (Lipinski definition) is 2. The van der Waals surface area contributed by atoms with Crippen molar-refractivity contribution in [1.29, 1.82) is 0 Å². The highest BCUT2D eigenvalue weighted by Gasteiger charge is 2.19. The van der Waals surface area contributed by atoms with Gasteiger partial charge in [0.2, 0.25) is 0 Å². The minimum atomic E-state index is -0.463. The molecule has 0 unspecified atom stereocenters. The first-order chi connectivity index (χ1) is 24.9. The molecule has 4 bridgehead atoms. The normalized spacial score (nSPS) is 15.2. The first kappa shape index (κ1) is 35.4. The highest BCUT2D eigenvalue weighted by atomic mass is 16.6. The topological polar surface area (TPSA) is 122 Å². The zero-order valence-corrected chi connectivity index (χ0v) is 28.7. The van der Waals surface area contributed by atoms with E-state index in [2.05, 4.69) is 6.58 Å². The Bertz CT molecular complexity index is 2000. The van der Waals surface area contributed by atoms with Gasteiger partial charge in [-0.2, -0.15) is 0 Å². The predicted molar refractivity (Wildman–Crippen MR) is 194 cm³/mol. The number of benzene rings is 5. The summed E-state index contributed by atoms with van der Waals surface area (Å²) in [6, 6.07) is 24.1. The maximum atomic E-state index is 12.4. The van der Waals surface area contributed by atoms with Gasteiger partial charge in [0.15, 0.2) is 34.5 Å². The Kier molecular flexibility index (Phi) is 11.8. The van der Waals surface area contributed by atoms with Crippen LogP contribution in [0.5, 0.6) is 34.5 Å². The molecule has 10 nitrogen and oxygen atoms in total. The molecule has 0 fully saturated rings. The summed E-state index contributed by atoms with van der Waals surface area (Å²) in [5.41, 5.74) is 2.50. The van der Waals surface area contributed by atoms with Crippen molar-refractivity contribution in [2.75, 3.05) is 59.5 Å². The summed E-state index contributed by atoms with van der Waals surface area (Å²) in [5, 5.41) is 26.5. The molecule has 0 atom stereocenters. The van der Waals surface area contributed by atoms with E-state index in [1.807, 2.05) is 60.7 Å². The lowest BCUT2D eigenvalue weighted by molar-refractivity contribution is 0.0524. The maximum absolute atomic E-state index is 12.4. The number of esters is 1. The number of phenolic OH excluding ortho intramolecular Hbond substituents is 2. The van der Waals surface area contributed by atoms with Gasteiger partial charge in [-0.25, -0.2) is 4.79 Å². The SMILES string of the molecule is C=C1Cc2c(O)c(cc3ccccc23)OCCOCCOc2ccc(C(=O)OCC)cc2OCCOCCOc2cc3ccccc3c(c2O)C1. The van der Waals surface area contributed by atoms with Crippen LogP contribution in [0.3, 0.4) is 0 Å². The summed E-state index contributed by atoms with van der Waals surface area (Å²) in [6.45, 7) is 8.15. The summed E-state index contributed by atoms with van der Waals surface area (Å²) >= 11 is 0. The number of rotatable bonds is 2. The van der Waals surface area contributed by atoms with E-state index in [1.54, 1.807) is 25.1 Å². The molecule has 5 aromatic carbocycles. The van der Waals surface area contributed by atoms with E-state index >= 15 is 0 Å². The van der Waals surface area contributed by atoms with Crippen molar-refractivity contribution in [2.24, 2.45) is 0 Å². The summed E-state index contributed by atoms with van der Waals surface area (Å²) in [7, 11) is 0. The van der Waals surface area contributed by atoms with Crippen molar-refractivity contribution in [3.63, 3.8) is 0 Å². The lowest BCUT2D eigenvalue weighted by Crippen LogP contribution is -2.14. The van der Waals surface area contributed by atoms with Crippen LogP contribution in [0.4, 0.5) is 0 Å². The number of hydrogen-bond acceptors (Lipinski definition) is 10. The molecule has 6 rings (SSSR count). The zero-order valence-electron chi connectivity index (χ0n) is 28.7. The van der Waals surface area contributed by atoms with E-state index in [0.717, 1.165) is 27.1 Å². The second kappa shape index (κ2) is 17.0. The molecule has 0 saturated carbocycles. The average molecular weight is 695 g/mol. The Hall–Kier alpha value is -5.45. The number of carbonyl (C=O) groups is 1. The third kappa shape index (κ3) is 8.65. The summed E-state index contributed by atoms with van der Waals surface area (Å²) in [4.78, 5) is 12.4. The van der Waals surface area contributed by atoms with E-state index in [-0.39, 0.29) is 71.0 Å². The van der Waals surface area contributed by atoms with Gasteiger partial charge >= 0.3 is 5.97 Å². The Morgan fingerprint density at radius 3 is 1.61 bits per heavy atom. The van der Waals surface area contributed by atoms with Crippen molar-refractivity contribution in [1.82, 2.24) is 0 Å². The monoisotopic (exact) mass is 694 g/mol. The zero-order chi connectivity index (χ0) is 35.6. The fourth-order valence-electron chi connectivity index (χ4n) is 6.04. The average Bonchev–Trinajstić information content (AvgIpc) is 3.13. The van der Waals surface area contributed by atoms with Gasteiger partial charge in [0.1, 0.15) is 26.4 Å². The molecule has 10 heteroatoms. The number of phenols is 2. The lowest BCUT2D eigenvalue weighted by Gasteiger charge is -2.18. The van der Waals surface area contributed by atoms with E-state index in [0.29, 0.717) is 52.5 Å². The standard InChI is InChI=1S/C41H42O10/c1-3-47-41(44)30-12-13-35-36(26-30)49-19-15-46-17-21-51-38-25-29-9-5-7-11-32(29)34(40(38)43)23-27(2)22-33-31-10-6-4-8-28(31)24-37(39(33)42)50-20-16-45-14-18-48-35/h4-13,24-26,42-43H,2-3,14-23H2,1H3. The van der Waals surface area contributed by atoms with Gasteiger partial charge in [-0.1, -0.05) is 60.7 Å². The fraction of sp³-hybridized carbons (Fsp3) is 0.293. The number of carbonyl (C=O) groups excluding carboxylic acids is 1. The van der Waals surface area contributed by atoms with Crippen LogP contribution in [-0.2, 0) is 27.1 Å². The Morgan fingerprint density at radius 1 is 0.627 bits per heavy atom. The van der Waals surface area contributed by atoms with Crippen LogP contribution in [-0.4, -0.2) is 75.6 Å². The van der Waals surface area contributed by atoms with Gasteiger partial charge in [-0.3, -0.25) is 0 Å². The van der Waals surface area contributed by atoms with Crippen LogP contribution in [0.25, 0.3) is 21.5 Å². The van der Waals surface area contributed by atoms with Crippen LogP contribution < -0.4 is 18.9 Å².